The predicted molar refractivity (Wildman–Crippen MR) is 70.8 cm³/mol. The van der Waals surface area contributed by atoms with Crippen LogP contribution in [-0.4, -0.2) is 19.0 Å². The van der Waals surface area contributed by atoms with E-state index in [1.807, 2.05) is 0 Å². The molecule has 1 amide bonds. The summed E-state index contributed by atoms with van der Waals surface area (Å²) in [5, 5.41) is 6.14. The van der Waals surface area contributed by atoms with Crippen LogP contribution in [0.25, 0.3) is 0 Å². The minimum absolute atomic E-state index is 0.128. The Hall–Kier alpha value is -1.35. The van der Waals surface area contributed by atoms with Gasteiger partial charge in [0.2, 0.25) is 5.91 Å². The highest BCUT2D eigenvalue weighted by molar-refractivity contribution is 5.75. The van der Waals surface area contributed by atoms with Gasteiger partial charge < -0.3 is 10.6 Å². The third-order valence-corrected chi connectivity index (χ3v) is 2.51. The molecule has 94 valence electrons. The maximum atomic E-state index is 11.3. The van der Waals surface area contributed by atoms with Gasteiger partial charge in [0.1, 0.15) is 0 Å². The largest absolute Gasteiger partial charge is 0.356 e. The summed E-state index contributed by atoms with van der Waals surface area (Å²) in [5.41, 5.74) is 2.53. The van der Waals surface area contributed by atoms with Crippen molar-refractivity contribution >= 4 is 5.91 Å². The molecule has 1 rings (SSSR count). The Bertz CT molecular complexity index is 350. The standard InChI is InChI=1S/C14H22N2O/c1-3-8-16-14(17)7-9-15-11-13-6-4-5-12(2)10-13/h4-6,10,15H,3,7-9,11H2,1-2H3,(H,16,17). The van der Waals surface area contributed by atoms with Crippen molar-refractivity contribution in [1.29, 1.82) is 0 Å². The topological polar surface area (TPSA) is 41.1 Å². The molecule has 0 aliphatic heterocycles. The van der Waals surface area contributed by atoms with Crippen LogP contribution >= 0.6 is 0 Å². The van der Waals surface area contributed by atoms with E-state index in [1.54, 1.807) is 0 Å². The minimum Gasteiger partial charge on any atom is -0.356 e. The number of benzene rings is 1. The van der Waals surface area contributed by atoms with E-state index in [0.717, 1.165) is 26.1 Å². The highest BCUT2D eigenvalue weighted by Crippen LogP contribution is 2.02. The fourth-order valence-corrected chi connectivity index (χ4v) is 1.61. The Morgan fingerprint density at radius 1 is 1.29 bits per heavy atom. The molecule has 1 aromatic carbocycles. The van der Waals surface area contributed by atoms with E-state index in [9.17, 15) is 4.79 Å². The van der Waals surface area contributed by atoms with Crippen molar-refractivity contribution in [2.24, 2.45) is 0 Å². The summed E-state index contributed by atoms with van der Waals surface area (Å²) in [6.45, 7) is 6.46. The minimum atomic E-state index is 0.128. The smallest absolute Gasteiger partial charge is 0.221 e. The van der Waals surface area contributed by atoms with E-state index in [-0.39, 0.29) is 5.91 Å². The van der Waals surface area contributed by atoms with Gasteiger partial charge in [-0.15, -0.1) is 0 Å². The summed E-state index contributed by atoms with van der Waals surface area (Å²) < 4.78 is 0. The van der Waals surface area contributed by atoms with Crippen LogP contribution < -0.4 is 10.6 Å². The van der Waals surface area contributed by atoms with Gasteiger partial charge >= 0.3 is 0 Å². The van der Waals surface area contributed by atoms with Crippen LogP contribution in [0, 0.1) is 6.92 Å². The molecule has 0 bridgehead atoms. The number of hydrogen-bond acceptors (Lipinski definition) is 2. The molecular formula is C14H22N2O. The predicted octanol–water partition coefficient (Wildman–Crippen LogP) is 2.00. The highest BCUT2D eigenvalue weighted by Gasteiger charge is 1.99. The van der Waals surface area contributed by atoms with Crippen LogP contribution in [-0.2, 0) is 11.3 Å². The van der Waals surface area contributed by atoms with Gasteiger partial charge in [0.15, 0.2) is 0 Å². The van der Waals surface area contributed by atoms with E-state index in [4.69, 9.17) is 0 Å². The second kappa shape index (κ2) is 7.85. The maximum absolute atomic E-state index is 11.3. The average molecular weight is 234 g/mol. The molecule has 0 fully saturated rings. The summed E-state index contributed by atoms with van der Waals surface area (Å²) in [6.07, 6.45) is 1.54. The lowest BCUT2D eigenvalue weighted by molar-refractivity contribution is -0.120. The molecule has 0 heterocycles. The zero-order valence-corrected chi connectivity index (χ0v) is 10.8. The van der Waals surface area contributed by atoms with E-state index < -0.39 is 0 Å². The van der Waals surface area contributed by atoms with E-state index in [0.29, 0.717) is 6.42 Å². The molecule has 0 unspecified atom stereocenters. The lowest BCUT2D eigenvalue weighted by atomic mass is 10.1. The van der Waals surface area contributed by atoms with Crippen molar-refractivity contribution in [2.45, 2.75) is 33.2 Å². The SMILES string of the molecule is CCCNC(=O)CCNCc1cccc(C)c1. The van der Waals surface area contributed by atoms with Gasteiger partial charge in [-0.1, -0.05) is 36.8 Å². The molecule has 0 saturated carbocycles. The summed E-state index contributed by atoms with van der Waals surface area (Å²) in [4.78, 5) is 11.3. The summed E-state index contributed by atoms with van der Waals surface area (Å²) in [5.74, 6) is 0.128. The molecule has 0 atom stereocenters. The zero-order valence-electron chi connectivity index (χ0n) is 10.8. The Morgan fingerprint density at radius 2 is 2.12 bits per heavy atom. The van der Waals surface area contributed by atoms with E-state index in [1.165, 1.54) is 11.1 Å². The van der Waals surface area contributed by atoms with Crippen LogP contribution in [0.3, 0.4) is 0 Å². The second-order valence-corrected chi connectivity index (χ2v) is 4.27. The second-order valence-electron chi connectivity index (χ2n) is 4.27. The molecule has 0 aliphatic rings. The zero-order chi connectivity index (χ0) is 12.5. The van der Waals surface area contributed by atoms with Crippen LogP contribution in [0.2, 0.25) is 0 Å². The van der Waals surface area contributed by atoms with Crippen molar-refractivity contribution in [3.05, 3.63) is 35.4 Å². The first-order chi connectivity index (χ1) is 8.22. The fourth-order valence-electron chi connectivity index (χ4n) is 1.61. The summed E-state index contributed by atoms with van der Waals surface area (Å²) >= 11 is 0. The first-order valence-electron chi connectivity index (χ1n) is 6.25. The molecule has 3 heteroatoms. The molecule has 0 spiro atoms. The number of carbonyl (C=O) groups excluding carboxylic acids is 1. The molecule has 0 aliphatic carbocycles. The van der Waals surface area contributed by atoms with Gasteiger partial charge in [-0.25, -0.2) is 0 Å². The number of aryl methyl sites for hydroxylation is 1. The average Bonchev–Trinajstić information content (AvgIpc) is 2.32. The molecule has 1 aromatic rings. The molecule has 17 heavy (non-hydrogen) atoms. The highest BCUT2D eigenvalue weighted by atomic mass is 16.1. The van der Waals surface area contributed by atoms with Gasteiger partial charge in [-0.05, 0) is 18.9 Å². The van der Waals surface area contributed by atoms with Crippen molar-refractivity contribution < 1.29 is 4.79 Å². The molecule has 2 N–H and O–H groups in total. The third-order valence-electron chi connectivity index (χ3n) is 2.51. The summed E-state index contributed by atoms with van der Waals surface area (Å²) in [6, 6.07) is 8.39. The number of nitrogens with one attached hydrogen (secondary N) is 2. The molecular weight excluding hydrogens is 212 g/mol. The molecule has 0 radical (unpaired) electrons. The van der Waals surface area contributed by atoms with Gasteiger partial charge in [0, 0.05) is 26.1 Å². The van der Waals surface area contributed by atoms with E-state index in [2.05, 4.69) is 48.7 Å². The first kappa shape index (κ1) is 13.7. The van der Waals surface area contributed by atoms with Gasteiger partial charge in [-0.2, -0.15) is 0 Å². The molecule has 3 nitrogen and oxygen atoms in total. The first-order valence-corrected chi connectivity index (χ1v) is 6.25. The molecule has 0 saturated heterocycles. The lowest BCUT2D eigenvalue weighted by Crippen LogP contribution is -2.28. The van der Waals surface area contributed by atoms with Crippen LogP contribution in [0.1, 0.15) is 30.9 Å². The van der Waals surface area contributed by atoms with Gasteiger partial charge in [0.05, 0.1) is 0 Å². The van der Waals surface area contributed by atoms with E-state index >= 15 is 0 Å². The van der Waals surface area contributed by atoms with Gasteiger partial charge in [0.25, 0.3) is 0 Å². The van der Waals surface area contributed by atoms with Crippen LogP contribution in [0.4, 0.5) is 0 Å². The number of amides is 1. The number of carbonyl (C=O) groups is 1. The quantitative estimate of drug-likeness (QED) is 0.708. The number of hydrogen-bond donors (Lipinski definition) is 2. The van der Waals surface area contributed by atoms with Crippen molar-refractivity contribution in [2.75, 3.05) is 13.1 Å². The van der Waals surface area contributed by atoms with Crippen LogP contribution in [0.5, 0.6) is 0 Å². The third kappa shape index (κ3) is 6.07. The molecule has 0 aromatic heterocycles. The van der Waals surface area contributed by atoms with Crippen LogP contribution in [0.15, 0.2) is 24.3 Å². The summed E-state index contributed by atoms with van der Waals surface area (Å²) in [7, 11) is 0. The number of rotatable bonds is 7. The van der Waals surface area contributed by atoms with Gasteiger partial charge in [-0.3, -0.25) is 4.79 Å². The monoisotopic (exact) mass is 234 g/mol. The Kier molecular flexibility index (Phi) is 6.33. The Balaban J connectivity index is 2.14. The maximum Gasteiger partial charge on any atom is 0.221 e. The van der Waals surface area contributed by atoms with Crippen molar-refractivity contribution in [3.63, 3.8) is 0 Å². The normalized spacial score (nSPS) is 10.2. The van der Waals surface area contributed by atoms with Crippen molar-refractivity contribution in [1.82, 2.24) is 10.6 Å². The Labute approximate surface area is 104 Å². The van der Waals surface area contributed by atoms with Crippen molar-refractivity contribution in [3.8, 4) is 0 Å². The lowest BCUT2D eigenvalue weighted by Gasteiger charge is -2.06. The fraction of sp³-hybridized carbons (Fsp3) is 0.500. The Morgan fingerprint density at radius 3 is 2.82 bits per heavy atom.